The van der Waals surface area contributed by atoms with Crippen molar-refractivity contribution in [1.82, 2.24) is 9.80 Å². The monoisotopic (exact) mass is 547 g/mol. The van der Waals surface area contributed by atoms with Gasteiger partial charge in [0.1, 0.15) is 12.4 Å². The lowest BCUT2D eigenvalue weighted by Crippen LogP contribution is -2.50. The molecule has 3 aromatic carbocycles. The molecule has 9 nitrogen and oxygen atoms in total. The molecule has 4 rings (SSSR count). The Labute approximate surface area is 233 Å². The van der Waals surface area contributed by atoms with Gasteiger partial charge in [-0.05, 0) is 61.0 Å². The van der Waals surface area contributed by atoms with Crippen LogP contribution in [0.1, 0.15) is 15.9 Å². The highest BCUT2D eigenvalue weighted by Crippen LogP contribution is 2.20. The zero-order valence-electron chi connectivity index (χ0n) is 22.7. The third kappa shape index (κ3) is 7.57. The molecule has 1 saturated heterocycles. The number of carbonyl (C=O) groups excluding carboxylic acids is 3. The van der Waals surface area contributed by atoms with Gasteiger partial charge in [0.2, 0.25) is 5.91 Å². The van der Waals surface area contributed by atoms with Crippen molar-refractivity contribution in [3.63, 3.8) is 0 Å². The summed E-state index contributed by atoms with van der Waals surface area (Å²) in [5, 5.41) is 5.76. The number of nitrogens with one attached hydrogen (secondary N) is 2. The molecular weight excluding hydrogens is 513 g/mol. The average molecular weight is 548 g/mol. The molecule has 10 heteroatoms. The molecule has 0 bridgehead atoms. The molecule has 0 saturated carbocycles. The number of hydrogen-bond donors (Lipinski definition) is 2. The maximum Gasteiger partial charge on any atom is 0.321 e. The van der Waals surface area contributed by atoms with E-state index in [1.54, 1.807) is 23.1 Å². The standard InChI is InChI=1S/C30H34FN5O4/c1-22-6-5-7-24(20-22)33-30(39)35-16-14-34(15-17-35)25-12-10-23(11-13-25)32-28(37)21-36(18-19-40-2)29(38)26-8-3-4-9-27(26)31/h3-13,20H,14-19,21H2,1-2H3,(H,32,37)(H,33,39). The Kier molecular flexibility index (Phi) is 9.69. The van der Waals surface area contributed by atoms with Crippen molar-refractivity contribution in [2.45, 2.75) is 6.92 Å². The third-order valence-corrected chi connectivity index (χ3v) is 6.64. The van der Waals surface area contributed by atoms with Crippen molar-refractivity contribution in [1.29, 1.82) is 0 Å². The van der Waals surface area contributed by atoms with Crippen molar-refractivity contribution in [3.05, 3.63) is 89.7 Å². The minimum Gasteiger partial charge on any atom is -0.383 e. The number of amides is 4. The summed E-state index contributed by atoms with van der Waals surface area (Å²) in [5.41, 5.74) is 3.33. The SMILES string of the molecule is COCCN(CC(=O)Nc1ccc(N2CCN(C(=O)Nc3cccc(C)c3)CC2)cc1)C(=O)c1ccccc1F. The molecule has 0 spiro atoms. The summed E-state index contributed by atoms with van der Waals surface area (Å²) in [4.78, 5) is 43.5. The number of hydrogen-bond acceptors (Lipinski definition) is 5. The normalized spacial score (nSPS) is 13.1. The molecule has 4 amide bonds. The molecular formula is C30H34FN5O4. The van der Waals surface area contributed by atoms with Crippen molar-refractivity contribution in [2.24, 2.45) is 0 Å². The minimum absolute atomic E-state index is 0.0940. The molecule has 0 aliphatic carbocycles. The van der Waals surface area contributed by atoms with Crippen LogP contribution in [0.15, 0.2) is 72.8 Å². The first-order valence-electron chi connectivity index (χ1n) is 13.1. The fourth-order valence-corrected chi connectivity index (χ4v) is 4.48. The maximum atomic E-state index is 14.2. The fourth-order valence-electron chi connectivity index (χ4n) is 4.48. The van der Waals surface area contributed by atoms with E-state index < -0.39 is 17.6 Å². The van der Waals surface area contributed by atoms with E-state index in [2.05, 4.69) is 15.5 Å². The molecule has 3 aromatic rings. The highest BCUT2D eigenvalue weighted by molar-refractivity contribution is 5.99. The molecule has 2 N–H and O–H groups in total. The molecule has 0 radical (unpaired) electrons. The molecule has 1 aliphatic rings. The Morgan fingerprint density at radius 1 is 0.900 bits per heavy atom. The van der Waals surface area contributed by atoms with Crippen molar-refractivity contribution in [3.8, 4) is 0 Å². The topological polar surface area (TPSA) is 94.2 Å². The van der Waals surface area contributed by atoms with Gasteiger partial charge in [0.05, 0.1) is 12.2 Å². The summed E-state index contributed by atoms with van der Waals surface area (Å²) >= 11 is 0. The number of piperazine rings is 1. The highest BCUT2D eigenvalue weighted by atomic mass is 19.1. The van der Waals surface area contributed by atoms with Crippen LogP contribution in [0.25, 0.3) is 0 Å². The first-order valence-corrected chi connectivity index (χ1v) is 13.1. The first kappa shape index (κ1) is 28.6. The molecule has 0 aromatic heterocycles. The summed E-state index contributed by atoms with van der Waals surface area (Å²) in [6, 6.07) is 20.7. The van der Waals surface area contributed by atoms with Crippen molar-refractivity contribution >= 4 is 34.9 Å². The molecule has 0 unspecified atom stereocenters. The quantitative estimate of drug-likeness (QED) is 0.419. The zero-order valence-corrected chi connectivity index (χ0v) is 22.7. The predicted octanol–water partition coefficient (Wildman–Crippen LogP) is 4.22. The van der Waals surface area contributed by atoms with Gasteiger partial charge >= 0.3 is 6.03 Å². The van der Waals surface area contributed by atoms with Crippen LogP contribution in [0.4, 0.5) is 26.2 Å². The largest absolute Gasteiger partial charge is 0.383 e. The predicted molar refractivity (Wildman–Crippen MR) is 153 cm³/mol. The van der Waals surface area contributed by atoms with Gasteiger partial charge in [-0.15, -0.1) is 0 Å². The number of anilines is 3. The second-order valence-electron chi connectivity index (χ2n) is 9.57. The van der Waals surface area contributed by atoms with E-state index in [-0.39, 0.29) is 31.3 Å². The Morgan fingerprint density at radius 3 is 2.30 bits per heavy atom. The van der Waals surface area contributed by atoms with E-state index in [0.717, 1.165) is 16.9 Å². The number of methoxy groups -OCH3 is 1. The molecule has 210 valence electrons. The van der Waals surface area contributed by atoms with Crippen LogP contribution < -0.4 is 15.5 Å². The van der Waals surface area contributed by atoms with Gasteiger partial charge < -0.3 is 30.1 Å². The smallest absolute Gasteiger partial charge is 0.321 e. The summed E-state index contributed by atoms with van der Waals surface area (Å²) in [5.74, 6) is -1.62. The number of nitrogens with zero attached hydrogens (tertiary/aromatic N) is 3. The van der Waals surface area contributed by atoms with Gasteiger partial charge in [-0.25, -0.2) is 9.18 Å². The van der Waals surface area contributed by atoms with Crippen LogP contribution in [0.5, 0.6) is 0 Å². The van der Waals surface area contributed by atoms with Gasteiger partial charge in [0, 0.05) is 56.9 Å². The highest BCUT2D eigenvalue weighted by Gasteiger charge is 2.23. The van der Waals surface area contributed by atoms with Gasteiger partial charge in [-0.3, -0.25) is 9.59 Å². The number of urea groups is 1. The summed E-state index contributed by atoms with van der Waals surface area (Å²) < 4.78 is 19.2. The average Bonchev–Trinajstić information content (AvgIpc) is 2.95. The maximum absolute atomic E-state index is 14.2. The van der Waals surface area contributed by atoms with E-state index in [1.807, 2.05) is 43.3 Å². The number of aryl methyl sites for hydroxylation is 1. The van der Waals surface area contributed by atoms with E-state index in [0.29, 0.717) is 31.9 Å². The number of carbonyl (C=O) groups is 3. The van der Waals surface area contributed by atoms with Crippen LogP contribution in [0, 0.1) is 12.7 Å². The Hall–Kier alpha value is -4.44. The fraction of sp³-hybridized carbons (Fsp3) is 0.300. The molecule has 1 heterocycles. The molecule has 0 atom stereocenters. The molecule has 40 heavy (non-hydrogen) atoms. The number of benzene rings is 3. The van der Waals surface area contributed by atoms with E-state index in [9.17, 15) is 18.8 Å². The van der Waals surface area contributed by atoms with Crippen molar-refractivity contribution < 1.29 is 23.5 Å². The van der Waals surface area contributed by atoms with Gasteiger partial charge in [0.25, 0.3) is 5.91 Å². The van der Waals surface area contributed by atoms with Crippen LogP contribution in [0.2, 0.25) is 0 Å². The van der Waals surface area contributed by atoms with E-state index in [4.69, 9.17) is 4.74 Å². The third-order valence-electron chi connectivity index (χ3n) is 6.64. The zero-order chi connectivity index (χ0) is 28.5. The number of halogens is 1. The van der Waals surface area contributed by atoms with Crippen LogP contribution >= 0.6 is 0 Å². The summed E-state index contributed by atoms with van der Waals surface area (Å²) in [7, 11) is 1.49. The van der Waals surface area contributed by atoms with Crippen LogP contribution in [-0.4, -0.2) is 80.6 Å². The summed E-state index contributed by atoms with van der Waals surface area (Å²) in [6.45, 7) is 4.63. The Balaban J connectivity index is 1.29. The van der Waals surface area contributed by atoms with Gasteiger partial charge in [-0.1, -0.05) is 24.3 Å². The van der Waals surface area contributed by atoms with E-state index >= 15 is 0 Å². The second kappa shape index (κ2) is 13.6. The van der Waals surface area contributed by atoms with Crippen LogP contribution in [0.3, 0.4) is 0 Å². The lowest BCUT2D eigenvalue weighted by molar-refractivity contribution is -0.117. The Bertz CT molecular complexity index is 1330. The van der Waals surface area contributed by atoms with E-state index in [1.165, 1.54) is 30.2 Å². The first-order chi connectivity index (χ1) is 19.3. The minimum atomic E-state index is -0.640. The molecule has 1 fully saturated rings. The van der Waals surface area contributed by atoms with Gasteiger partial charge in [0.15, 0.2) is 0 Å². The molecule has 1 aliphatic heterocycles. The van der Waals surface area contributed by atoms with Gasteiger partial charge in [-0.2, -0.15) is 0 Å². The van der Waals surface area contributed by atoms with Crippen LogP contribution in [-0.2, 0) is 9.53 Å². The second-order valence-corrected chi connectivity index (χ2v) is 9.57. The number of ether oxygens (including phenoxy) is 1. The summed E-state index contributed by atoms with van der Waals surface area (Å²) in [6.07, 6.45) is 0. The lowest BCUT2D eigenvalue weighted by atomic mass is 10.2. The van der Waals surface area contributed by atoms with Crippen molar-refractivity contribution in [2.75, 3.05) is 68.5 Å². The number of rotatable bonds is 9. The lowest BCUT2D eigenvalue weighted by Gasteiger charge is -2.36. The Morgan fingerprint density at radius 2 is 1.62 bits per heavy atom.